The third-order valence-corrected chi connectivity index (χ3v) is 3.99. The van der Waals surface area contributed by atoms with Gasteiger partial charge in [-0.15, -0.1) is 11.3 Å². The monoisotopic (exact) mass is 315 g/mol. The van der Waals surface area contributed by atoms with E-state index >= 15 is 0 Å². The van der Waals surface area contributed by atoms with Crippen molar-refractivity contribution in [2.75, 3.05) is 12.4 Å². The summed E-state index contributed by atoms with van der Waals surface area (Å²) in [4.78, 5) is 28.3. The minimum atomic E-state index is -0.648. The summed E-state index contributed by atoms with van der Waals surface area (Å²) in [6.45, 7) is 0.253. The second-order valence-corrected chi connectivity index (χ2v) is 5.42. The quantitative estimate of drug-likeness (QED) is 0.721. The molecule has 1 aromatic carbocycles. The molecule has 0 saturated carbocycles. The Morgan fingerprint density at radius 1 is 1.36 bits per heavy atom. The lowest BCUT2D eigenvalue weighted by atomic mass is 10.2. The Hall–Kier alpha value is -2.67. The minimum Gasteiger partial charge on any atom is -0.422 e. The fraction of sp³-hybridized carbons (Fsp3) is 0.133. The predicted octanol–water partition coefficient (Wildman–Crippen LogP) is 2.22. The number of fused-ring (bicyclic) bond motifs is 1. The van der Waals surface area contributed by atoms with Gasteiger partial charge in [0.2, 0.25) is 0 Å². The standard InChI is InChI=1S/C15H13N3O3S/c1-16-15-18-10(8-22-15)7-17-13(19)11-6-9-4-2-3-5-12(9)21-14(11)20/h2-6,8H,7H2,1H3,(H,16,18)(H,17,19). The van der Waals surface area contributed by atoms with E-state index in [4.69, 9.17) is 4.42 Å². The maximum atomic E-state index is 12.1. The molecule has 0 unspecified atom stereocenters. The molecular weight excluding hydrogens is 302 g/mol. The van der Waals surface area contributed by atoms with E-state index < -0.39 is 11.5 Å². The Balaban J connectivity index is 1.79. The number of rotatable bonds is 4. The fourth-order valence-electron chi connectivity index (χ4n) is 1.99. The van der Waals surface area contributed by atoms with Gasteiger partial charge in [0, 0.05) is 17.8 Å². The van der Waals surface area contributed by atoms with E-state index in [2.05, 4.69) is 15.6 Å². The van der Waals surface area contributed by atoms with E-state index in [-0.39, 0.29) is 12.1 Å². The van der Waals surface area contributed by atoms with Crippen molar-refractivity contribution in [2.24, 2.45) is 0 Å². The highest BCUT2D eigenvalue weighted by atomic mass is 32.1. The molecule has 2 N–H and O–H groups in total. The van der Waals surface area contributed by atoms with Crippen LogP contribution in [0.2, 0.25) is 0 Å². The molecule has 3 aromatic rings. The third kappa shape index (κ3) is 2.84. The highest BCUT2D eigenvalue weighted by Crippen LogP contribution is 2.15. The summed E-state index contributed by atoms with van der Waals surface area (Å²) in [5, 5.41) is 8.92. The van der Waals surface area contributed by atoms with Crippen LogP contribution in [0.15, 0.2) is 44.9 Å². The van der Waals surface area contributed by atoms with Crippen molar-refractivity contribution in [1.82, 2.24) is 10.3 Å². The Kier molecular flexibility index (Phi) is 3.88. The number of thiazole rings is 1. The lowest BCUT2D eigenvalue weighted by Crippen LogP contribution is -2.27. The van der Waals surface area contributed by atoms with E-state index in [1.54, 1.807) is 25.2 Å². The Bertz CT molecular complexity index is 885. The highest BCUT2D eigenvalue weighted by molar-refractivity contribution is 7.13. The van der Waals surface area contributed by atoms with Crippen LogP contribution in [0.5, 0.6) is 0 Å². The van der Waals surface area contributed by atoms with Crippen molar-refractivity contribution in [3.63, 3.8) is 0 Å². The first-order valence-electron chi connectivity index (χ1n) is 6.60. The summed E-state index contributed by atoms with van der Waals surface area (Å²) in [5.41, 5.74) is 0.531. The molecule has 7 heteroatoms. The zero-order chi connectivity index (χ0) is 15.5. The molecule has 0 aliphatic carbocycles. The topological polar surface area (TPSA) is 84.2 Å². The second-order valence-electron chi connectivity index (χ2n) is 4.56. The highest BCUT2D eigenvalue weighted by Gasteiger charge is 2.13. The van der Waals surface area contributed by atoms with Gasteiger partial charge in [0.05, 0.1) is 12.2 Å². The SMILES string of the molecule is CNc1nc(CNC(=O)c2cc3ccccc3oc2=O)cs1. The molecule has 0 spiro atoms. The molecule has 3 rings (SSSR count). The van der Waals surface area contributed by atoms with Crippen LogP contribution >= 0.6 is 11.3 Å². The first kappa shape index (κ1) is 14.3. The van der Waals surface area contributed by atoms with Crippen molar-refractivity contribution in [2.45, 2.75) is 6.54 Å². The van der Waals surface area contributed by atoms with Gasteiger partial charge >= 0.3 is 5.63 Å². The maximum Gasteiger partial charge on any atom is 0.349 e. The Morgan fingerprint density at radius 2 is 2.18 bits per heavy atom. The average molecular weight is 315 g/mol. The van der Waals surface area contributed by atoms with Crippen LogP contribution in [0, 0.1) is 0 Å². The summed E-state index contributed by atoms with van der Waals surface area (Å²) in [7, 11) is 1.78. The van der Waals surface area contributed by atoms with Crippen LogP contribution in [0.1, 0.15) is 16.1 Å². The van der Waals surface area contributed by atoms with Gasteiger partial charge in [-0.2, -0.15) is 0 Å². The minimum absolute atomic E-state index is 0.0113. The summed E-state index contributed by atoms with van der Waals surface area (Å²) in [6.07, 6.45) is 0. The van der Waals surface area contributed by atoms with Crippen LogP contribution in [0.25, 0.3) is 11.0 Å². The maximum absolute atomic E-state index is 12.1. The van der Waals surface area contributed by atoms with Crippen LogP contribution in [-0.2, 0) is 6.54 Å². The van der Waals surface area contributed by atoms with Gasteiger partial charge < -0.3 is 15.1 Å². The molecule has 0 aliphatic heterocycles. The van der Waals surface area contributed by atoms with Gasteiger partial charge in [-0.25, -0.2) is 9.78 Å². The van der Waals surface area contributed by atoms with Crippen LogP contribution in [0.4, 0.5) is 5.13 Å². The number of benzene rings is 1. The number of nitrogens with one attached hydrogen (secondary N) is 2. The van der Waals surface area contributed by atoms with Crippen molar-refractivity contribution in [3.8, 4) is 0 Å². The van der Waals surface area contributed by atoms with Crippen molar-refractivity contribution >= 4 is 33.3 Å². The molecule has 1 amide bonds. The van der Waals surface area contributed by atoms with Crippen molar-refractivity contribution < 1.29 is 9.21 Å². The fourth-order valence-corrected chi connectivity index (χ4v) is 2.66. The number of amides is 1. The van der Waals surface area contributed by atoms with E-state index in [0.29, 0.717) is 11.0 Å². The van der Waals surface area contributed by atoms with Crippen LogP contribution in [-0.4, -0.2) is 17.9 Å². The van der Waals surface area contributed by atoms with E-state index in [9.17, 15) is 9.59 Å². The first-order valence-corrected chi connectivity index (χ1v) is 7.48. The molecule has 2 heterocycles. The van der Waals surface area contributed by atoms with Gasteiger partial charge in [-0.05, 0) is 12.1 Å². The zero-order valence-electron chi connectivity index (χ0n) is 11.8. The molecule has 0 bridgehead atoms. The lowest BCUT2D eigenvalue weighted by Gasteiger charge is -2.03. The van der Waals surface area contributed by atoms with Crippen LogP contribution < -0.4 is 16.3 Å². The number of nitrogens with zero attached hydrogens (tertiary/aromatic N) is 1. The molecule has 0 aliphatic rings. The number of anilines is 1. The molecule has 0 fully saturated rings. The summed E-state index contributed by atoms with van der Waals surface area (Å²) >= 11 is 1.45. The lowest BCUT2D eigenvalue weighted by molar-refractivity contribution is 0.0947. The molecule has 0 radical (unpaired) electrons. The zero-order valence-corrected chi connectivity index (χ0v) is 12.6. The number of aromatic nitrogens is 1. The van der Waals surface area contributed by atoms with Gasteiger partial charge in [-0.1, -0.05) is 18.2 Å². The smallest absolute Gasteiger partial charge is 0.349 e. The normalized spacial score (nSPS) is 10.6. The van der Waals surface area contributed by atoms with E-state index in [1.807, 2.05) is 11.4 Å². The number of carbonyl (C=O) groups excluding carboxylic acids is 1. The first-order chi connectivity index (χ1) is 10.7. The number of hydrogen-bond donors (Lipinski definition) is 2. The molecular formula is C15H13N3O3S. The van der Waals surface area contributed by atoms with Gasteiger partial charge in [0.1, 0.15) is 11.1 Å². The Labute approximate surface area is 129 Å². The van der Waals surface area contributed by atoms with Crippen molar-refractivity contribution in [1.29, 1.82) is 0 Å². The number of hydrogen-bond acceptors (Lipinski definition) is 6. The molecule has 0 atom stereocenters. The van der Waals surface area contributed by atoms with E-state index in [0.717, 1.165) is 10.8 Å². The molecule has 0 saturated heterocycles. The van der Waals surface area contributed by atoms with Gasteiger partial charge in [-0.3, -0.25) is 4.79 Å². The summed E-state index contributed by atoms with van der Waals surface area (Å²) in [5.74, 6) is -0.474. The second kappa shape index (κ2) is 5.98. The molecule has 22 heavy (non-hydrogen) atoms. The molecule has 2 aromatic heterocycles. The van der Waals surface area contributed by atoms with Crippen LogP contribution in [0.3, 0.4) is 0 Å². The number of para-hydroxylation sites is 1. The average Bonchev–Trinajstić information content (AvgIpc) is 3.00. The largest absolute Gasteiger partial charge is 0.422 e. The van der Waals surface area contributed by atoms with E-state index in [1.165, 1.54) is 17.4 Å². The molecule has 6 nitrogen and oxygen atoms in total. The third-order valence-electron chi connectivity index (χ3n) is 3.08. The van der Waals surface area contributed by atoms with Gasteiger partial charge in [0.25, 0.3) is 5.91 Å². The van der Waals surface area contributed by atoms with Crippen molar-refractivity contribution in [3.05, 3.63) is 57.4 Å². The summed E-state index contributed by atoms with van der Waals surface area (Å²) < 4.78 is 5.15. The van der Waals surface area contributed by atoms with Gasteiger partial charge in [0.15, 0.2) is 5.13 Å². The Morgan fingerprint density at radius 3 is 2.95 bits per heavy atom. The predicted molar refractivity (Wildman–Crippen MR) is 85.3 cm³/mol. The summed E-state index contributed by atoms with van der Waals surface area (Å²) in [6, 6.07) is 8.60. The molecule has 112 valence electrons. The number of carbonyl (C=O) groups is 1.